The van der Waals surface area contributed by atoms with Crippen molar-refractivity contribution in [2.24, 2.45) is 0 Å². The molecule has 0 radical (unpaired) electrons. The van der Waals surface area contributed by atoms with Crippen LogP contribution in [0.5, 0.6) is 0 Å². The van der Waals surface area contributed by atoms with E-state index in [-0.39, 0.29) is 12.5 Å². The van der Waals surface area contributed by atoms with Gasteiger partial charge in [0.1, 0.15) is 6.04 Å². The predicted molar refractivity (Wildman–Crippen MR) is 91.2 cm³/mol. The summed E-state index contributed by atoms with van der Waals surface area (Å²) in [5, 5.41) is 14.8. The Balaban J connectivity index is 1.74. The molecular weight excluding hydrogens is 320 g/mol. The summed E-state index contributed by atoms with van der Waals surface area (Å²) < 4.78 is 1.65. The first-order valence-corrected chi connectivity index (χ1v) is 8.23. The van der Waals surface area contributed by atoms with Crippen molar-refractivity contribution in [3.05, 3.63) is 53.5 Å². The average molecular weight is 338 g/mol. The number of rotatable bonds is 3. The molecule has 128 valence electrons. The summed E-state index contributed by atoms with van der Waals surface area (Å²) in [6.07, 6.45) is 3.44. The van der Waals surface area contributed by atoms with Gasteiger partial charge in [0, 0.05) is 35.8 Å². The highest BCUT2D eigenvalue weighted by molar-refractivity contribution is 5.97. The van der Waals surface area contributed by atoms with Crippen LogP contribution in [-0.4, -0.2) is 42.7 Å². The van der Waals surface area contributed by atoms with E-state index in [1.807, 2.05) is 31.2 Å². The Morgan fingerprint density at radius 2 is 2.16 bits per heavy atom. The monoisotopic (exact) mass is 338 g/mol. The van der Waals surface area contributed by atoms with Gasteiger partial charge in [-0.1, -0.05) is 18.2 Å². The zero-order valence-electron chi connectivity index (χ0n) is 13.8. The van der Waals surface area contributed by atoms with Crippen LogP contribution in [0.1, 0.15) is 28.5 Å². The number of amides is 1. The number of aliphatic carboxylic acids is 1. The van der Waals surface area contributed by atoms with Crippen LogP contribution in [0.25, 0.3) is 10.9 Å². The highest BCUT2D eigenvalue weighted by Crippen LogP contribution is 2.31. The number of carbonyl (C=O) groups excluding carboxylic acids is 1. The number of nitrogens with one attached hydrogen (secondary N) is 1. The van der Waals surface area contributed by atoms with E-state index in [9.17, 15) is 14.7 Å². The fourth-order valence-corrected chi connectivity index (χ4v) is 3.45. The number of para-hydroxylation sites is 1. The van der Waals surface area contributed by atoms with Crippen LogP contribution >= 0.6 is 0 Å². The number of carbonyl (C=O) groups is 2. The molecule has 3 aromatic rings. The topological polar surface area (TPSA) is 91.2 Å². The number of carboxylic acids is 1. The van der Waals surface area contributed by atoms with Gasteiger partial charge in [-0.25, -0.2) is 4.79 Å². The Kier molecular flexibility index (Phi) is 3.56. The van der Waals surface area contributed by atoms with Crippen molar-refractivity contribution in [1.82, 2.24) is 19.7 Å². The van der Waals surface area contributed by atoms with Crippen LogP contribution in [0.2, 0.25) is 0 Å². The fraction of sp³-hybridized carbons (Fsp3) is 0.278. The van der Waals surface area contributed by atoms with Crippen LogP contribution in [-0.2, 0) is 24.3 Å². The highest BCUT2D eigenvalue weighted by atomic mass is 16.4. The lowest BCUT2D eigenvalue weighted by Crippen LogP contribution is -2.48. The number of hydrogen-bond acceptors (Lipinski definition) is 3. The molecule has 4 rings (SSSR count). The Morgan fingerprint density at radius 3 is 2.88 bits per heavy atom. The molecule has 0 bridgehead atoms. The van der Waals surface area contributed by atoms with E-state index >= 15 is 0 Å². The molecule has 0 fully saturated rings. The van der Waals surface area contributed by atoms with Crippen molar-refractivity contribution in [1.29, 1.82) is 0 Å². The lowest BCUT2D eigenvalue weighted by atomic mass is 9.96. The predicted octanol–water partition coefficient (Wildman–Crippen LogP) is 2.04. The molecule has 0 saturated heterocycles. The molecule has 1 aromatic carbocycles. The van der Waals surface area contributed by atoms with Gasteiger partial charge in [-0.2, -0.15) is 5.10 Å². The number of H-pyrrole nitrogens is 1. The molecule has 2 N–H and O–H groups in total. The maximum atomic E-state index is 12.9. The number of aromatic nitrogens is 3. The van der Waals surface area contributed by atoms with Crippen LogP contribution < -0.4 is 0 Å². The Hall–Kier alpha value is -3.09. The van der Waals surface area contributed by atoms with Gasteiger partial charge in [-0.05, 0) is 18.6 Å². The van der Waals surface area contributed by atoms with Crippen molar-refractivity contribution >= 4 is 22.8 Å². The van der Waals surface area contributed by atoms with Gasteiger partial charge in [-0.15, -0.1) is 0 Å². The quantitative estimate of drug-likeness (QED) is 0.764. The second-order valence-electron chi connectivity index (χ2n) is 6.20. The summed E-state index contributed by atoms with van der Waals surface area (Å²) >= 11 is 0. The zero-order valence-corrected chi connectivity index (χ0v) is 13.8. The largest absolute Gasteiger partial charge is 0.480 e. The Labute approximate surface area is 143 Å². The molecule has 2 aromatic heterocycles. The molecule has 1 atom stereocenters. The summed E-state index contributed by atoms with van der Waals surface area (Å²) in [5.41, 5.74) is 3.25. The second-order valence-corrected chi connectivity index (χ2v) is 6.20. The maximum Gasteiger partial charge on any atom is 0.326 e. The van der Waals surface area contributed by atoms with E-state index in [2.05, 4.69) is 10.1 Å². The third-order valence-corrected chi connectivity index (χ3v) is 4.75. The molecule has 3 heterocycles. The molecule has 1 aliphatic heterocycles. The Morgan fingerprint density at radius 1 is 1.36 bits per heavy atom. The lowest BCUT2D eigenvalue weighted by molar-refractivity contribution is -0.142. The average Bonchev–Trinajstić information content (AvgIpc) is 3.24. The molecule has 7 nitrogen and oxygen atoms in total. The third-order valence-electron chi connectivity index (χ3n) is 4.75. The number of aromatic amines is 1. The smallest absolute Gasteiger partial charge is 0.326 e. The van der Waals surface area contributed by atoms with Gasteiger partial charge in [-0.3, -0.25) is 9.48 Å². The van der Waals surface area contributed by atoms with Crippen LogP contribution in [0.15, 0.2) is 36.7 Å². The van der Waals surface area contributed by atoms with Gasteiger partial charge in [0.25, 0.3) is 5.91 Å². The number of fused-ring (bicyclic) bond motifs is 3. The molecule has 1 aliphatic rings. The first kappa shape index (κ1) is 15.4. The Bertz CT molecular complexity index is 972. The van der Waals surface area contributed by atoms with E-state index in [0.29, 0.717) is 18.5 Å². The summed E-state index contributed by atoms with van der Waals surface area (Å²) in [6, 6.07) is 6.92. The van der Waals surface area contributed by atoms with E-state index < -0.39 is 12.0 Å². The van der Waals surface area contributed by atoms with Crippen molar-refractivity contribution in [3.8, 4) is 0 Å². The fourth-order valence-electron chi connectivity index (χ4n) is 3.45. The van der Waals surface area contributed by atoms with E-state index in [4.69, 9.17) is 0 Å². The summed E-state index contributed by atoms with van der Waals surface area (Å²) in [6.45, 7) is 2.83. The SMILES string of the molecule is CCn1cc(C(=O)N2Cc3[nH]c4ccccc4c3CC2C(=O)O)cn1. The van der Waals surface area contributed by atoms with Gasteiger partial charge < -0.3 is 15.0 Å². The van der Waals surface area contributed by atoms with Gasteiger partial charge in [0.05, 0.1) is 18.3 Å². The van der Waals surface area contributed by atoms with Gasteiger partial charge in [0.15, 0.2) is 0 Å². The van der Waals surface area contributed by atoms with Crippen LogP contribution in [0.4, 0.5) is 0 Å². The minimum atomic E-state index is -0.993. The molecule has 0 spiro atoms. The van der Waals surface area contributed by atoms with Crippen LogP contribution in [0.3, 0.4) is 0 Å². The van der Waals surface area contributed by atoms with Crippen molar-refractivity contribution in [2.45, 2.75) is 32.5 Å². The van der Waals surface area contributed by atoms with Crippen LogP contribution in [0, 0.1) is 0 Å². The number of nitrogens with zero attached hydrogens (tertiary/aromatic N) is 3. The van der Waals surface area contributed by atoms with Gasteiger partial charge in [0.2, 0.25) is 0 Å². The molecule has 25 heavy (non-hydrogen) atoms. The number of aryl methyl sites for hydroxylation is 1. The standard InChI is InChI=1S/C18H18N4O3/c1-2-21-9-11(8-19-21)17(23)22-10-15-13(7-16(22)18(24)25)12-5-3-4-6-14(12)20-15/h3-6,8-9,16,20H,2,7,10H2,1H3,(H,24,25). The first-order chi connectivity index (χ1) is 12.1. The lowest BCUT2D eigenvalue weighted by Gasteiger charge is -2.32. The minimum absolute atomic E-state index is 0.247. The van der Waals surface area contributed by atoms with E-state index in [1.165, 1.54) is 11.1 Å². The second kappa shape index (κ2) is 5.77. The molecular formula is C18H18N4O3. The molecule has 1 unspecified atom stereocenters. The molecule has 0 saturated carbocycles. The number of carboxylic acid groups (broad SMARTS) is 1. The summed E-state index contributed by atoms with van der Waals surface area (Å²) in [5.74, 6) is -1.30. The number of hydrogen-bond donors (Lipinski definition) is 2. The van der Waals surface area contributed by atoms with Gasteiger partial charge >= 0.3 is 5.97 Å². The van der Waals surface area contributed by atoms with Crippen molar-refractivity contribution in [2.75, 3.05) is 0 Å². The maximum absolute atomic E-state index is 12.9. The zero-order chi connectivity index (χ0) is 17.6. The minimum Gasteiger partial charge on any atom is -0.480 e. The third kappa shape index (κ3) is 2.48. The normalized spacial score (nSPS) is 16.8. The molecule has 1 amide bonds. The molecule has 7 heteroatoms. The van der Waals surface area contributed by atoms with E-state index in [0.717, 1.165) is 22.2 Å². The van der Waals surface area contributed by atoms with Crippen molar-refractivity contribution in [3.63, 3.8) is 0 Å². The molecule has 0 aliphatic carbocycles. The van der Waals surface area contributed by atoms with E-state index in [1.54, 1.807) is 10.9 Å². The first-order valence-electron chi connectivity index (χ1n) is 8.23. The van der Waals surface area contributed by atoms with Crippen molar-refractivity contribution < 1.29 is 14.7 Å². The summed E-state index contributed by atoms with van der Waals surface area (Å²) in [4.78, 5) is 29.4. The number of benzene rings is 1. The summed E-state index contributed by atoms with van der Waals surface area (Å²) in [7, 11) is 0. The highest BCUT2D eigenvalue weighted by Gasteiger charge is 2.37.